The molecule has 130 valence electrons. The molecular weight excluding hydrogens is 318 g/mol. The summed E-state index contributed by atoms with van der Waals surface area (Å²) in [7, 11) is 0. The Morgan fingerprint density at radius 2 is 1.64 bits per heavy atom. The van der Waals surface area contributed by atoms with Gasteiger partial charge in [-0.05, 0) is 36.2 Å². The van der Waals surface area contributed by atoms with E-state index in [4.69, 9.17) is 4.74 Å². The van der Waals surface area contributed by atoms with E-state index in [-0.39, 0.29) is 24.7 Å². The predicted octanol–water partition coefficient (Wildman–Crippen LogP) is 3.39. The highest BCUT2D eigenvalue weighted by atomic mass is 16.5. The Morgan fingerprint density at radius 3 is 2.28 bits per heavy atom. The number of nitrogens with one attached hydrogen (secondary N) is 1. The first-order valence-corrected chi connectivity index (χ1v) is 8.21. The molecule has 1 amide bonds. The number of amides is 1. The summed E-state index contributed by atoms with van der Waals surface area (Å²) in [5, 5.41) is 2.75. The molecule has 0 saturated carbocycles. The number of ether oxygens (including phenoxy) is 1. The molecule has 2 aromatic rings. The van der Waals surface area contributed by atoms with Crippen molar-refractivity contribution in [3.63, 3.8) is 0 Å². The molecule has 0 aliphatic rings. The van der Waals surface area contributed by atoms with Gasteiger partial charge >= 0.3 is 5.97 Å². The van der Waals surface area contributed by atoms with Crippen LogP contribution in [-0.4, -0.2) is 24.3 Å². The highest BCUT2D eigenvalue weighted by Crippen LogP contribution is 2.11. The number of carbonyl (C=O) groups excluding carboxylic acids is 3. The molecule has 0 radical (unpaired) electrons. The van der Waals surface area contributed by atoms with E-state index in [1.54, 1.807) is 24.3 Å². The first-order chi connectivity index (χ1) is 12.1. The summed E-state index contributed by atoms with van der Waals surface area (Å²) in [6.45, 7) is 1.63. The molecule has 0 heterocycles. The Balaban J connectivity index is 1.82. The minimum atomic E-state index is -0.442. The fraction of sp³-hybridized carbons (Fsp3) is 0.250. The smallest absolute Gasteiger partial charge is 0.310 e. The molecule has 0 saturated heterocycles. The van der Waals surface area contributed by atoms with Gasteiger partial charge in [0.1, 0.15) is 0 Å². The fourth-order valence-electron chi connectivity index (χ4n) is 2.23. The monoisotopic (exact) mass is 339 g/mol. The third-order valence-electron chi connectivity index (χ3n) is 3.52. The van der Waals surface area contributed by atoms with E-state index >= 15 is 0 Å². The Labute approximate surface area is 147 Å². The van der Waals surface area contributed by atoms with Gasteiger partial charge in [0.2, 0.25) is 5.91 Å². The van der Waals surface area contributed by atoms with Crippen LogP contribution >= 0.6 is 0 Å². The van der Waals surface area contributed by atoms with Crippen molar-refractivity contribution in [1.29, 1.82) is 0 Å². The van der Waals surface area contributed by atoms with Gasteiger partial charge in [-0.2, -0.15) is 0 Å². The van der Waals surface area contributed by atoms with Crippen LogP contribution in [0.5, 0.6) is 0 Å². The van der Waals surface area contributed by atoms with Gasteiger partial charge in [0.25, 0.3) is 0 Å². The Kier molecular flexibility index (Phi) is 6.89. The molecule has 0 spiro atoms. The number of carbonyl (C=O) groups is 3. The molecule has 0 fully saturated rings. The summed E-state index contributed by atoms with van der Waals surface area (Å²) >= 11 is 0. The molecule has 2 rings (SSSR count). The largest absolute Gasteiger partial charge is 0.457 e. The topological polar surface area (TPSA) is 72.5 Å². The minimum Gasteiger partial charge on any atom is -0.457 e. The van der Waals surface area contributed by atoms with Crippen LogP contribution in [0, 0.1) is 0 Å². The van der Waals surface area contributed by atoms with Crippen molar-refractivity contribution in [2.75, 3.05) is 11.9 Å². The van der Waals surface area contributed by atoms with Crippen molar-refractivity contribution in [3.05, 3.63) is 65.7 Å². The summed E-state index contributed by atoms with van der Waals surface area (Å²) in [4.78, 5) is 35.4. The molecule has 0 unspecified atom stereocenters. The lowest BCUT2D eigenvalue weighted by molar-refractivity contribution is -0.141. The van der Waals surface area contributed by atoms with Crippen LogP contribution in [0.3, 0.4) is 0 Å². The van der Waals surface area contributed by atoms with Crippen LogP contribution in [0.2, 0.25) is 0 Å². The second kappa shape index (κ2) is 9.37. The van der Waals surface area contributed by atoms with E-state index < -0.39 is 5.97 Å². The number of hydrogen-bond donors (Lipinski definition) is 1. The van der Waals surface area contributed by atoms with E-state index in [1.165, 1.54) is 0 Å². The van der Waals surface area contributed by atoms with Crippen LogP contribution < -0.4 is 5.32 Å². The Morgan fingerprint density at radius 1 is 0.960 bits per heavy atom. The van der Waals surface area contributed by atoms with Crippen molar-refractivity contribution in [3.8, 4) is 0 Å². The van der Waals surface area contributed by atoms with Crippen molar-refractivity contribution < 1.29 is 19.1 Å². The highest BCUT2D eigenvalue weighted by Gasteiger charge is 2.11. The van der Waals surface area contributed by atoms with Crippen molar-refractivity contribution in [2.24, 2.45) is 0 Å². The number of ketones is 1. The zero-order valence-electron chi connectivity index (χ0n) is 14.2. The summed E-state index contributed by atoms with van der Waals surface area (Å²) in [5.41, 5.74) is 1.91. The minimum absolute atomic E-state index is 0.0589. The van der Waals surface area contributed by atoms with Crippen LogP contribution in [0.15, 0.2) is 54.6 Å². The number of esters is 1. The fourth-order valence-corrected chi connectivity index (χ4v) is 2.23. The van der Waals surface area contributed by atoms with E-state index in [0.717, 1.165) is 12.0 Å². The summed E-state index contributed by atoms with van der Waals surface area (Å²) in [5.74, 6) is -0.785. The average molecular weight is 339 g/mol. The molecule has 2 aromatic carbocycles. The van der Waals surface area contributed by atoms with Gasteiger partial charge in [-0.15, -0.1) is 0 Å². The van der Waals surface area contributed by atoms with Crippen LogP contribution in [0.25, 0.3) is 0 Å². The molecular formula is C20H21NO4. The van der Waals surface area contributed by atoms with Crippen molar-refractivity contribution in [1.82, 2.24) is 0 Å². The number of rotatable bonds is 8. The standard InChI is InChI=1S/C20H21NO4/c1-2-6-19(23)21-17-11-9-16(10-12-17)18(22)14-25-20(24)13-15-7-4-3-5-8-15/h3-5,7-12H,2,6,13-14H2,1H3,(H,21,23). The summed E-state index contributed by atoms with van der Waals surface area (Å²) < 4.78 is 5.03. The lowest BCUT2D eigenvalue weighted by Crippen LogP contribution is -2.16. The van der Waals surface area contributed by atoms with Crippen molar-refractivity contribution in [2.45, 2.75) is 26.2 Å². The van der Waals surface area contributed by atoms with Gasteiger partial charge in [0.05, 0.1) is 6.42 Å². The lowest BCUT2D eigenvalue weighted by Gasteiger charge is -2.07. The van der Waals surface area contributed by atoms with Gasteiger partial charge in [0.15, 0.2) is 12.4 Å². The first-order valence-electron chi connectivity index (χ1n) is 8.21. The van der Waals surface area contributed by atoms with E-state index in [9.17, 15) is 14.4 Å². The van der Waals surface area contributed by atoms with E-state index in [2.05, 4.69) is 5.32 Å². The van der Waals surface area contributed by atoms with Crippen LogP contribution in [-0.2, 0) is 20.7 Å². The predicted molar refractivity (Wildman–Crippen MR) is 95.4 cm³/mol. The van der Waals surface area contributed by atoms with Crippen LogP contribution in [0.4, 0.5) is 5.69 Å². The Hall–Kier alpha value is -2.95. The molecule has 5 nitrogen and oxygen atoms in total. The van der Waals surface area contributed by atoms with E-state index in [1.807, 2.05) is 37.3 Å². The molecule has 0 aromatic heterocycles. The van der Waals surface area contributed by atoms with Gasteiger partial charge in [-0.25, -0.2) is 0 Å². The zero-order chi connectivity index (χ0) is 18.1. The van der Waals surface area contributed by atoms with Crippen molar-refractivity contribution >= 4 is 23.3 Å². The van der Waals surface area contributed by atoms with Gasteiger partial charge in [0, 0.05) is 17.7 Å². The highest BCUT2D eigenvalue weighted by molar-refractivity contribution is 5.98. The molecule has 0 aliphatic heterocycles. The second-order valence-corrected chi connectivity index (χ2v) is 5.62. The summed E-state index contributed by atoms with van der Waals surface area (Å²) in [6.07, 6.45) is 1.37. The molecule has 0 aliphatic carbocycles. The third-order valence-corrected chi connectivity index (χ3v) is 3.52. The maximum Gasteiger partial charge on any atom is 0.310 e. The normalized spacial score (nSPS) is 10.1. The molecule has 25 heavy (non-hydrogen) atoms. The lowest BCUT2D eigenvalue weighted by atomic mass is 10.1. The maximum absolute atomic E-state index is 12.1. The average Bonchev–Trinajstić information content (AvgIpc) is 2.61. The zero-order valence-corrected chi connectivity index (χ0v) is 14.2. The molecule has 0 atom stereocenters. The van der Waals surface area contributed by atoms with Crippen LogP contribution in [0.1, 0.15) is 35.7 Å². The molecule has 5 heteroatoms. The third kappa shape index (κ3) is 6.22. The van der Waals surface area contributed by atoms with E-state index in [0.29, 0.717) is 17.7 Å². The number of Topliss-reactive ketones (excluding diaryl/α,β-unsaturated/α-hetero) is 1. The number of benzene rings is 2. The Bertz CT molecular complexity index is 723. The SMILES string of the molecule is CCCC(=O)Nc1ccc(C(=O)COC(=O)Cc2ccccc2)cc1. The van der Waals surface area contributed by atoms with Gasteiger partial charge in [-0.1, -0.05) is 37.3 Å². The summed E-state index contributed by atoms with van der Waals surface area (Å²) in [6, 6.07) is 15.7. The maximum atomic E-state index is 12.1. The second-order valence-electron chi connectivity index (χ2n) is 5.62. The number of anilines is 1. The quantitative estimate of drug-likeness (QED) is 0.591. The molecule has 0 bridgehead atoms. The van der Waals surface area contributed by atoms with Gasteiger partial charge in [-0.3, -0.25) is 14.4 Å². The molecule has 1 N–H and O–H groups in total. The van der Waals surface area contributed by atoms with Gasteiger partial charge < -0.3 is 10.1 Å². The number of hydrogen-bond acceptors (Lipinski definition) is 4. The first kappa shape index (κ1) is 18.4.